The van der Waals surface area contributed by atoms with Crippen molar-refractivity contribution in [3.05, 3.63) is 175 Å². The standard InChI is InChI=1S/C45H33NOS/c1-45(2)38-26-21-33(29-40(38)47-44-39(45)27-28-42-43(44)37-15-9-10-16-41(37)48-42)32-19-24-36(25-20-32)46(34-13-7-4-8-14-34)35-22-17-31(18-23-35)30-11-5-3-6-12-30/h3-29H,1-2H3. The Bertz CT molecular complexity index is 2430. The molecule has 48 heavy (non-hydrogen) atoms. The van der Waals surface area contributed by atoms with Crippen molar-refractivity contribution in [1.29, 1.82) is 0 Å². The highest BCUT2D eigenvalue weighted by molar-refractivity contribution is 7.25. The lowest BCUT2D eigenvalue weighted by molar-refractivity contribution is 0.423. The number of fused-ring (bicyclic) bond motifs is 6. The molecular formula is C45H33NOS. The van der Waals surface area contributed by atoms with Crippen LogP contribution in [0.5, 0.6) is 11.5 Å². The van der Waals surface area contributed by atoms with Gasteiger partial charge < -0.3 is 9.64 Å². The number of anilines is 3. The Labute approximate surface area is 285 Å². The van der Waals surface area contributed by atoms with Gasteiger partial charge >= 0.3 is 0 Å². The first kappa shape index (κ1) is 28.6. The van der Waals surface area contributed by atoms with Crippen LogP contribution in [0.1, 0.15) is 25.0 Å². The maximum atomic E-state index is 6.87. The van der Waals surface area contributed by atoms with E-state index >= 15 is 0 Å². The number of nitrogens with zero attached hydrogens (tertiary/aromatic N) is 1. The molecule has 8 aromatic rings. The quantitative estimate of drug-likeness (QED) is 0.187. The molecule has 1 aromatic heterocycles. The van der Waals surface area contributed by atoms with Crippen LogP contribution in [0.2, 0.25) is 0 Å². The minimum absolute atomic E-state index is 0.186. The van der Waals surface area contributed by atoms with Gasteiger partial charge in [-0.25, -0.2) is 0 Å². The molecule has 0 aliphatic carbocycles. The van der Waals surface area contributed by atoms with Crippen LogP contribution in [0.4, 0.5) is 17.1 Å². The van der Waals surface area contributed by atoms with E-state index in [2.05, 4.69) is 183 Å². The maximum Gasteiger partial charge on any atom is 0.140 e. The zero-order chi connectivity index (χ0) is 32.2. The summed E-state index contributed by atoms with van der Waals surface area (Å²) in [6.45, 7) is 4.62. The third kappa shape index (κ3) is 4.70. The Morgan fingerprint density at radius 3 is 1.73 bits per heavy atom. The number of thiophene rings is 1. The van der Waals surface area contributed by atoms with Crippen LogP contribution in [-0.4, -0.2) is 0 Å². The zero-order valence-corrected chi connectivity index (χ0v) is 27.7. The summed E-state index contributed by atoms with van der Waals surface area (Å²) in [6, 6.07) is 58.7. The number of benzene rings is 7. The number of hydrogen-bond acceptors (Lipinski definition) is 3. The van der Waals surface area contributed by atoms with Gasteiger partial charge in [0.05, 0.1) is 0 Å². The SMILES string of the molecule is CC1(C)c2ccc(-c3ccc(N(c4ccccc4)c4ccc(-c5ccccc5)cc4)cc3)cc2Oc2c1ccc1sc3ccccc3c21. The topological polar surface area (TPSA) is 12.5 Å². The lowest BCUT2D eigenvalue weighted by Crippen LogP contribution is -2.24. The van der Waals surface area contributed by atoms with Crippen LogP contribution in [0.3, 0.4) is 0 Å². The van der Waals surface area contributed by atoms with E-state index in [0.717, 1.165) is 39.7 Å². The van der Waals surface area contributed by atoms with Gasteiger partial charge in [0, 0.05) is 53.8 Å². The average molecular weight is 636 g/mol. The van der Waals surface area contributed by atoms with Crippen molar-refractivity contribution in [2.24, 2.45) is 0 Å². The molecule has 230 valence electrons. The fourth-order valence-corrected chi connectivity index (χ4v) is 8.31. The molecule has 1 aliphatic heterocycles. The van der Waals surface area contributed by atoms with Gasteiger partial charge in [0.25, 0.3) is 0 Å². The highest BCUT2D eigenvalue weighted by atomic mass is 32.1. The Hall–Kier alpha value is -5.64. The van der Waals surface area contributed by atoms with E-state index in [9.17, 15) is 0 Å². The summed E-state index contributed by atoms with van der Waals surface area (Å²) in [5.74, 6) is 1.92. The average Bonchev–Trinajstić information content (AvgIpc) is 3.52. The van der Waals surface area contributed by atoms with E-state index in [0.29, 0.717) is 0 Å². The summed E-state index contributed by atoms with van der Waals surface area (Å²) in [7, 11) is 0. The van der Waals surface area contributed by atoms with E-state index < -0.39 is 0 Å². The molecule has 7 aromatic carbocycles. The van der Waals surface area contributed by atoms with Crippen LogP contribution in [-0.2, 0) is 5.41 Å². The molecule has 1 aliphatic rings. The monoisotopic (exact) mass is 635 g/mol. The second kappa shape index (κ2) is 11.3. The molecule has 2 heterocycles. The highest BCUT2D eigenvalue weighted by Crippen LogP contribution is 2.53. The Balaban J connectivity index is 1.08. The first-order valence-electron chi connectivity index (χ1n) is 16.4. The smallest absolute Gasteiger partial charge is 0.140 e. The number of hydrogen-bond donors (Lipinski definition) is 0. The van der Waals surface area contributed by atoms with E-state index in [-0.39, 0.29) is 5.41 Å². The molecule has 9 rings (SSSR count). The summed E-state index contributed by atoms with van der Waals surface area (Å²) in [5, 5.41) is 2.48. The van der Waals surface area contributed by atoms with Crippen molar-refractivity contribution in [1.82, 2.24) is 0 Å². The van der Waals surface area contributed by atoms with Gasteiger partial charge in [0.1, 0.15) is 11.5 Å². The van der Waals surface area contributed by atoms with Crippen molar-refractivity contribution < 1.29 is 4.74 Å². The second-order valence-corrected chi connectivity index (χ2v) is 14.1. The predicted octanol–water partition coefficient (Wildman–Crippen LogP) is 13.3. The van der Waals surface area contributed by atoms with Crippen LogP contribution in [0, 0.1) is 0 Å². The first-order chi connectivity index (χ1) is 23.5. The molecule has 0 fully saturated rings. The molecule has 0 radical (unpaired) electrons. The van der Waals surface area contributed by atoms with Gasteiger partial charge in [0.15, 0.2) is 0 Å². The largest absolute Gasteiger partial charge is 0.456 e. The zero-order valence-electron chi connectivity index (χ0n) is 26.9. The van der Waals surface area contributed by atoms with E-state index in [1.165, 1.54) is 42.4 Å². The Morgan fingerprint density at radius 1 is 0.479 bits per heavy atom. The lowest BCUT2D eigenvalue weighted by atomic mass is 9.75. The molecule has 2 nitrogen and oxygen atoms in total. The van der Waals surface area contributed by atoms with Crippen LogP contribution in [0.15, 0.2) is 164 Å². The van der Waals surface area contributed by atoms with Gasteiger partial charge in [-0.2, -0.15) is 0 Å². The molecule has 0 saturated carbocycles. The van der Waals surface area contributed by atoms with Crippen LogP contribution >= 0.6 is 11.3 Å². The van der Waals surface area contributed by atoms with Crippen LogP contribution in [0.25, 0.3) is 42.4 Å². The summed E-state index contributed by atoms with van der Waals surface area (Å²) in [4.78, 5) is 2.31. The molecule has 0 amide bonds. The highest BCUT2D eigenvalue weighted by Gasteiger charge is 2.36. The third-order valence-corrected chi connectivity index (χ3v) is 10.9. The van der Waals surface area contributed by atoms with Gasteiger partial charge in [-0.15, -0.1) is 11.3 Å². The normalized spacial score (nSPS) is 13.1. The predicted molar refractivity (Wildman–Crippen MR) is 204 cm³/mol. The van der Waals surface area contributed by atoms with Crippen LogP contribution < -0.4 is 9.64 Å². The summed E-state index contributed by atoms with van der Waals surface area (Å²) in [5.41, 5.74) is 10.3. The van der Waals surface area contributed by atoms with Gasteiger partial charge in [-0.05, 0) is 76.9 Å². The maximum absolute atomic E-state index is 6.87. The molecule has 0 saturated heterocycles. The van der Waals surface area contributed by atoms with Gasteiger partial charge in [0.2, 0.25) is 0 Å². The minimum Gasteiger partial charge on any atom is -0.456 e. The van der Waals surface area contributed by atoms with Gasteiger partial charge in [-0.3, -0.25) is 0 Å². The Morgan fingerprint density at radius 2 is 1.02 bits per heavy atom. The number of ether oxygens (including phenoxy) is 1. The Kier molecular flexibility index (Phi) is 6.70. The van der Waals surface area contributed by atoms with Crippen molar-refractivity contribution in [3.8, 4) is 33.8 Å². The minimum atomic E-state index is -0.186. The number of rotatable bonds is 5. The fraction of sp³-hybridized carbons (Fsp3) is 0.0667. The summed E-state index contributed by atoms with van der Waals surface area (Å²) < 4.78 is 9.43. The summed E-state index contributed by atoms with van der Waals surface area (Å²) >= 11 is 1.83. The molecule has 0 unspecified atom stereocenters. The van der Waals surface area contributed by atoms with Crippen molar-refractivity contribution >= 4 is 48.6 Å². The summed E-state index contributed by atoms with van der Waals surface area (Å²) in [6.07, 6.45) is 0. The lowest BCUT2D eigenvalue weighted by Gasteiger charge is -2.35. The van der Waals surface area contributed by atoms with Crippen molar-refractivity contribution in [2.75, 3.05) is 4.90 Å². The third-order valence-electron chi connectivity index (χ3n) is 9.74. The van der Waals surface area contributed by atoms with Crippen molar-refractivity contribution in [2.45, 2.75) is 19.3 Å². The van der Waals surface area contributed by atoms with Gasteiger partial charge in [-0.1, -0.05) is 123 Å². The van der Waals surface area contributed by atoms with E-state index in [4.69, 9.17) is 4.74 Å². The molecule has 0 bridgehead atoms. The van der Waals surface area contributed by atoms with Crippen molar-refractivity contribution in [3.63, 3.8) is 0 Å². The van der Waals surface area contributed by atoms with E-state index in [1.807, 2.05) is 11.3 Å². The first-order valence-corrected chi connectivity index (χ1v) is 17.2. The second-order valence-electron chi connectivity index (χ2n) is 13.0. The van der Waals surface area contributed by atoms with E-state index in [1.54, 1.807) is 0 Å². The molecule has 3 heteroatoms. The molecule has 0 N–H and O–H groups in total. The fourth-order valence-electron chi connectivity index (χ4n) is 7.20. The number of para-hydroxylation sites is 1. The molecular weight excluding hydrogens is 603 g/mol. The molecule has 0 spiro atoms. The molecule has 0 atom stereocenters.